The number of aromatic nitrogens is 1. The summed E-state index contributed by atoms with van der Waals surface area (Å²) >= 11 is 6.61. The molecule has 0 unspecified atom stereocenters. The van der Waals surface area contributed by atoms with Crippen LogP contribution in [0.2, 0.25) is 0 Å². The van der Waals surface area contributed by atoms with Gasteiger partial charge >= 0.3 is 5.97 Å². The van der Waals surface area contributed by atoms with E-state index in [0.717, 1.165) is 0 Å². The van der Waals surface area contributed by atoms with E-state index in [-0.39, 0.29) is 11.8 Å². The Bertz CT molecular complexity index is 770. The number of ether oxygens (including phenoxy) is 1. The third kappa shape index (κ3) is 5.54. The van der Waals surface area contributed by atoms with Crippen LogP contribution < -0.4 is 10.1 Å². The predicted molar refractivity (Wildman–Crippen MR) is 95.2 cm³/mol. The van der Waals surface area contributed by atoms with Gasteiger partial charge in [-0.3, -0.25) is 4.79 Å². The second-order valence-corrected chi connectivity index (χ2v) is 6.19. The smallest absolute Gasteiger partial charge is 0.305 e. The van der Waals surface area contributed by atoms with Crippen LogP contribution in [-0.2, 0) is 16.1 Å². The van der Waals surface area contributed by atoms with Crippen LogP contribution in [0.3, 0.4) is 0 Å². The summed E-state index contributed by atoms with van der Waals surface area (Å²) in [5, 5.41) is 5.19. The topological polar surface area (TPSA) is 55.6 Å². The molecule has 1 heterocycles. The Morgan fingerprint density at radius 2 is 2.25 bits per heavy atom. The lowest BCUT2D eigenvalue weighted by Gasteiger charge is -2.05. The first-order chi connectivity index (χ1) is 11.6. The number of nitrogens with one attached hydrogen (secondary N) is 1. The number of rotatable bonds is 6. The van der Waals surface area contributed by atoms with Crippen LogP contribution in [0.15, 0.2) is 40.8 Å². The molecule has 24 heavy (non-hydrogen) atoms. The minimum atomic E-state index is -0.249. The van der Waals surface area contributed by atoms with Gasteiger partial charge in [0.25, 0.3) is 0 Å². The molecule has 0 amide bonds. The van der Waals surface area contributed by atoms with Gasteiger partial charge in [-0.15, -0.1) is 11.3 Å². The average molecular weight is 367 g/mol. The van der Waals surface area contributed by atoms with Crippen molar-refractivity contribution in [2.24, 2.45) is 4.99 Å². The summed E-state index contributed by atoms with van der Waals surface area (Å²) in [5.41, 5.74) is 0.592. The van der Waals surface area contributed by atoms with Crippen LogP contribution in [0.4, 0.5) is 4.39 Å². The first-order valence-corrected chi connectivity index (χ1v) is 8.65. The van der Waals surface area contributed by atoms with E-state index in [0.29, 0.717) is 41.4 Å². The molecular formula is C16H18FN3O2S2. The fourth-order valence-electron chi connectivity index (χ4n) is 1.97. The Labute approximate surface area is 148 Å². The van der Waals surface area contributed by atoms with E-state index in [9.17, 15) is 9.18 Å². The van der Waals surface area contributed by atoms with Gasteiger partial charge in [0.15, 0.2) is 9.91 Å². The van der Waals surface area contributed by atoms with Gasteiger partial charge in [0.05, 0.1) is 13.7 Å². The summed E-state index contributed by atoms with van der Waals surface area (Å²) in [5.74, 6) is -0.494. The third-order valence-electron chi connectivity index (χ3n) is 3.22. The number of carbonyl (C=O) groups excluding carboxylic acids is 1. The number of nitrogens with zero attached hydrogens (tertiary/aromatic N) is 2. The molecule has 2 aromatic rings. The first-order valence-electron chi connectivity index (χ1n) is 7.37. The van der Waals surface area contributed by atoms with Crippen LogP contribution in [-0.4, -0.2) is 29.3 Å². The Kier molecular flexibility index (Phi) is 7.07. The minimum absolute atomic E-state index is 0.245. The van der Waals surface area contributed by atoms with Gasteiger partial charge in [-0.2, -0.15) is 4.99 Å². The van der Waals surface area contributed by atoms with Crippen molar-refractivity contribution >= 4 is 34.6 Å². The molecule has 1 N–H and O–H groups in total. The van der Waals surface area contributed by atoms with E-state index in [4.69, 9.17) is 12.2 Å². The fourth-order valence-corrected chi connectivity index (χ4v) is 2.95. The lowest BCUT2D eigenvalue weighted by molar-refractivity contribution is -0.140. The van der Waals surface area contributed by atoms with Crippen molar-refractivity contribution in [3.05, 3.63) is 52.0 Å². The molecule has 0 spiro atoms. The Hall–Kier alpha value is -2.06. The summed E-state index contributed by atoms with van der Waals surface area (Å²) in [7, 11) is 1.36. The van der Waals surface area contributed by atoms with Crippen molar-refractivity contribution in [1.82, 2.24) is 9.88 Å². The maximum atomic E-state index is 13.8. The number of hydrogen-bond donors (Lipinski definition) is 1. The molecule has 0 aliphatic rings. The lowest BCUT2D eigenvalue weighted by Crippen LogP contribution is -2.25. The quantitative estimate of drug-likeness (QED) is 0.484. The predicted octanol–water partition coefficient (Wildman–Crippen LogP) is 2.47. The number of benzene rings is 1. The van der Waals surface area contributed by atoms with E-state index in [1.54, 1.807) is 18.2 Å². The van der Waals surface area contributed by atoms with Gasteiger partial charge in [0.1, 0.15) is 5.82 Å². The molecule has 2 rings (SSSR count). The minimum Gasteiger partial charge on any atom is -0.469 e. The van der Waals surface area contributed by atoms with Crippen LogP contribution in [0.5, 0.6) is 0 Å². The number of carbonyl (C=O) groups is 1. The zero-order valence-corrected chi connectivity index (χ0v) is 14.8. The van der Waals surface area contributed by atoms with Crippen molar-refractivity contribution in [3.63, 3.8) is 0 Å². The first kappa shape index (κ1) is 18.3. The highest BCUT2D eigenvalue weighted by Gasteiger charge is 2.04. The Morgan fingerprint density at radius 1 is 1.46 bits per heavy atom. The van der Waals surface area contributed by atoms with E-state index >= 15 is 0 Å². The Morgan fingerprint density at radius 3 is 3.00 bits per heavy atom. The summed E-state index contributed by atoms with van der Waals surface area (Å²) in [6.07, 6.45) is 2.79. The number of hydrogen-bond acceptors (Lipinski definition) is 4. The molecule has 8 heteroatoms. The maximum absolute atomic E-state index is 13.8. The van der Waals surface area contributed by atoms with E-state index in [2.05, 4.69) is 15.0 Å². The van der Waals surface area contributed by atoms with Gasteiger partial charge in [-0.25, -0.2) is 4.39 Å². The molecule has 1 aromatic carbocycles. The van der Waals surface area contributed by atoms with Crippen molar-refractivity contribution in [3.8, 4) is 0 Å². The molecule has 0 fully saturated rings. The fraction of sp³-hybridized carbons (Fsp3) is 0.312. The van der Waals surface area contributed by atoms with Gasteiger partial charge in [0.2, 0.25) is 0 Å². The van der Waals surface area contributed by atoms with Gasteiger partial charge in [0, 0.05) is 30.1 Å². The standard InChI is InChI=1S/C16H18FN3O2S2/c1-22-14(21)7-4-8-18-15(23)19-16-20(9-10-24-16)11-12-5-2-3-6-13(12)17/h2-3,5-6,9-10H,4,7-8,11H2,1H3,(H,18,23). The molecule has 0 aliphatic carbocycles. The number of thiocarbonyl (C=S) groups is 1. The van der Waals surface area contributed by atoms with Crippen molar-refractivity contribution in [2.75, 3.05) is 13.7 Å². The number of methoxy groups -OCH3 is 1. The molecule has 0 radical (unpaired) electrons. The number of halogens is 1. The zero-order valence-electron chi connectivity index (χ0n) is 13.2. The van der Waals surface area contributed by atoms with Crippen LogP contribution >= 0.6 is 23.6 Å². The third-order valence-corrected chi connectivity index (χ3v) is 4.25. The summed E-state index contributed by atoms with van der Waals surface area (Å²) in [4.78, 5) is 16.0. The van der Waals surface area contributed by atoms with Crippen molar-refractivity contribution < 1.29 is 13.9 Å². The highest BCUT2D eigenvalue weighted by molar-refractivity contribution is 7.80. The molecule has 0 aliphatic heterocycles. The Balaban J connectivity index is 1.96. The summed E-state index contributed by atoms with van der Waals surface area (Å²) in [6, 6.07) is 6.64. The van der Waals surface area contributed by atoms with Crippen LogP contribution in [0.1, 0.15) is 18.4 Å². The molecule has 0 atom stereocenters. The van der Waals surface area contributed by atoms with E-state index < -0.39 is 0 Å². The van der Waals surface area contributed by atoms with Gasteiger partial charge < -0.3 is 14.6 Å². The monoisotopic (exact) mass is 367 g/mol. The van der Waals surface area contributed by atoms with Gasteiger partial charge in [-0.05, 0) is 24.7 Å². The second kappa shape index (κ2) is 9.29. The normalized spacial score (nSPS) is 11.3. The van der Waals surface area contributed by atoms with E-state index in [1.807, 2.05) is 16.1 Å². The number of esters is 1. The molecule has 0 bridgehead atoms. The maximum Gasteiger partial charge on any atom is 0.305 e. The van der Waals surface area contributed by atoms with Crippen LogP contribution in [0, 0.1) is 5.82 Å². The van der Waals surface area contributed by atoms with Gasteiger partial charge in [-0.1, -0.05) is 18.2 Å². The van der Waals surface area contributed by atoms with Crippen LogP contribution in [0.25, 0.3) is 0 Å². The summed E-state index contributed by atoms with van der Waals surface area (Å²) in [6.45, 7) is 0.927. The molecule has 5 nitrogen and oxygen atoms in total. The zero-order chi connectivity index (χ0) is 17.4. The molecule has 0 saturated carbocycles. The largest absolute Gasteiger partial charge is 0.469 e. The highest BCUT2D eigenvalue weighted by atomic mass is 32.1. The second-order valence-electron chi connectivity index (χ2n) is 4.93. The molecule has 128 valence electrons. The summed E-state index contributed by atoms with van der Waals surface area (Å²) < 4.78 is 20.2. The highest BCUT2D eigenvalue weighted by Crippen LogP contribution is 2.08. The van der Waals surface area contributed by atoms with E-state index in [1.165, 1.54) is 24.5 Å². The molecule has 1 aromatic heterocycles. The van der Waals surface area contributed by atoms with Crippen molar-refractivity contribution in [1.29, 1.82) is 0 Å². The number of thiazole rings is 1. The van der Waals surface area contributed by atoms with Crippen molar-refractivity contribution in [2.45, 2.75) is 19.4 Å². The lowest BCUT2D eigenvalue weighted by atomic mass is 10.2. The SMILES string of the molecule is COC(=O)CCCNC(=S)N=c1sccn1Cc1ccccc1F. The average Bonchev–Trinajstić information content (AvgIpc) is 3.00. The molecule has 0 saturated heterocycles. The molecular weight excluding hydrogens is 349 g/mol.